The largest absolute Gasteiger partial charge is 0.481 e. The highest BCUT2D eigenvalue weighted by Crippen LogP contribution is 2.20. The van der Waals surface area contributed by atoms with Crippen LogP contribution in [0.5, 0.6) is 0 Å². The minimum Gasteiger partial charge on any atom is -0.481 e. The molecule has 0 aliphatic rings. The zero-order valence-electron chi connectivity index (χ0n) is 8.48. The molecule has 1 rings (SSSR count). The number of aliphatic carboxylic acids is 1. The Hall–Kier alpha value is -1.43. The number of carbonyl (C=O) groups excluding carboxylic acids is 1. The van der Waals surface area contributed by atoms with Gasteiger partial charge in [0.15, 0.2) is 0 Å². The number of amides is 1. The molecule has 0 bridgehead atoms. The lowest BCUT2D eigenvalue weighted by Gasteiger charge is -2.12. The average Bonchev–Trinajstić information content (AvgIpc) is 2.48. The smallest absolute Gasteiger partial charge is 0.305 e. The lowest BCUT2D eigenvalue weighted by atomic mass is 10.2. The highest BCUT2D eigenvalue weighted by atomic mass is 32.1. The summed E-state index contributed by atoms with van der Waals surface area (Å²) in [5.74, 6) is -1.21. The highest BCUT2D eigenvalue weighted by Gasteiger charge is 2.19. The minimum atomic E-state index is -0.957. The Bertz CT molecular complexity index is 359. The zero-order valence-corrected chi connectivity index (χ0v) is 9.30. The van der Waals surface area contributed by atoms with Crippen LogP contribution in [-0.2, 0) is 9.59 Å². The van der Waals surface area contributed by atoms with Crippen LogP contribution in [-0.4, -0.2) is 22.0 Å². The molecule has 82 valence electrons. The molecule has 6 heteroatoms. The Kier molecular flexibility index (Phi) is 3.79. The first kappa shape index (κ1) is 11.6. The van der Waals surface area contributed by atoms with Crippen molar-refractivity contribution in [3.63, 3.8) is 0 Å². The number of nitrogens with zero attached hydrogens (tertiary/aromatic N) is 1. The number of hydrogen-bond donors (Lipinski definition) is 2. The molecule has 0 saturated heterocycles. The lowest BCUT2D eigenvalue weighted by molar-refractivity contribution is -0.137. The van der Waals surface area contributed by atoms with Gasteiger partial charge in [-0.25, -0.2) is 4.98 Å². The molecule has 0 aliphatic carbocycles. The van der Waals surface area contributed by atoms with Gasteiger partial charge in [0.2, 0.25) is 5.91 Å². The molecule has 0 aliphatic heterocycles. The second kappa shape index (κ2) is 4.88. The van der Waals surface area contributed by atoms with E-state index in [4.69, 9.17) is 5.11 Å². The summed E-state index contributed by atoms with van der Waals surface area (Å²) >= 11 is 1.35. The van der Waals surface area contributed by atoms with Crippen LogP contribution in [0.15, 0.2) is 5.38 Å². The van der Waals surface area contributed by atoms with Crippen LogP contribution in [0.1, 0.15) is 30.1 Å². The van der Waals surface area contributed by atoms with Gasteiger partial charge < -0.3 is 10.4 Å². The van der Waals surface area contributed by atoms with E-state index in [1.165, 1.54) is 18.3 Å². The van der Waals surface area contributed by atoms with E-state index in [1.807, 2.05) is 12.3 Å². The Morgan fingerprint density at radius 3 is 2.73 bits per heavy atom. The molecule has 5 nitrogen and oxygen atoms in total. The van der Waals surface area contributed by atoms with Gasteiger partial charge >= 0.3 is 5.97 Å². The van der Waals surface area contributed by atoms with Gasteiger partial charge in [0.25, 0.3) is 0 Å². The van der Waals surface area contributed by atoms with Gasteiger partial charge in [0.05, 0.1) is 12.5 Å². The van der Waals surface area contributed by atoms with E-state index in [-0.39, 0.29) is 12.3 Å². The van der Waals surface area contributed by atoms with Crippen molar-refractivity contribution in [3.8, 4) is 0 Å². The van der Waals surface area contributed by atoms with Crippen LogP contribution in [0.2, 0.25) is 0 Å². The van der Waals surface area contributed by atoms with E-state index in [0.29, 0.717) is 5.01 Å². The molecule has 0 fully saturated rings. The average molecular weight is 228 g/mol. The van der Waals surface area contributed by atoms with Crippen molar-refractivity contribution < 1.29 is 14.7 Å². The molecule has 1 unspecified atom stereocenters. The molecule has 1 amide bonds. The fraction of sp³-hybridized carbons (Fsp3) is 0.444. The van der Waals surface area contributed by atoms with Crippen molar-refractivity contribution in [2.24, 2.45) is 0 Å². The molecule has 1 atom stereocenters. The first-order valence-electron chi connectivity index (χ1n) is 4.40. The number of nitrogens with one attached hydrogen (secondary N) is 1. The van der Waals surface area contributed by atoms with Crippen LogP contribution in [0.25, 0.3) is 0 Å². The molecule has 0 spiro atoms. The topological polar surface area (TPSA) is 79.3 Å². The van der Waals surface area contributed by atoms with E-state index in [1.54, 1.807) is 0 Å². The van der Waals surface area contributed by atoms with Crippen molar-refractivity contribution in [2.75, 3.05) is 0 Å². The summed E-state index contributed by atoms with van der Waals surface area (Å²) in [5, 5.41) is 13.7. The lowest BCUT2D eigenvalue weighted by Crippen LogP contribution is -2.27. The van der Waals surface area contributed by atoms with Gasteiger partial charge in [0, 0.05) is 18.0 Å². The number of carbonyl (C=O) groups is 2. The van der Waals surface area contributed by atoms with Gasteiger partial charge in [0.1, 0.15) is 5.01 Å². The third kappa shape index (κ3) is 3.67. The fourth-order valence-corrected chi connectivity index (χ4v) is 2.00. The summed E-state index contributed by atoms with van der Waals surface area (Å²) in [6, 6.07) is -0.529. The number of carboxylic acid groups (broad SMARTS) is 1. The number of hydrogen-bond acceptors (Lipinski definition) is 4. The maximum absolute atomic E-state index is 10.9. The van der Waals surface area contributed by atoms with Crippen LogP contribution in [0.4, 0.5) is 0 Å². The van der Waals surface area contributed by atoms with Crippen molar-refractivity contribution in [1.29, 1.82) is 0 Å². The Morgan fingerprint density at radius 1 is 1.67 bits per heavy atom. The maximum atomic E-state index is 10.9. The van der Waals surface area contributed by atoms with E-state index in [2.05, 4.69) is 10.3 Å². The summed E-state index contributed by atoms with van der Waals surface area (Å²) in [7, 11) is 0. The number of rotatable bonds is 4. The molecule has 0 saturated carbocycles. The normalized spacial score (nSPS) is 12.1. The van der Waals surface area contributed by atoms with E-state index >= 15 is 0 Å². The SMILES string of the molecule is CC(=O)NC(CC(=O)O)c1nc(C)cs1. The first-order valence-corrected chi connectivity index (χ1v) is 5.28. The van der Waals surface area contributed by atoms with E-state index in [0.717, 1.165) is 5.69 Å². The molecule has 15 heavy (non-hydrogen) atoms. The second-order valence-corrected chi connectivity index (χ2v) is 4.07. The summed E-state index contributed by atoms with van der Waals surface area (Å²) in [5.41, 5.74) is 0.829. The van der Waals surface area contributed by atoms with Crippen LogP contribution in [0, 0.1) is 6.92 Å². The molecular weight excluding hydrogens is 216 g/mol. The van der Waals surface area contributed by atoms with E-state index in [9.17, 15) is 9.59 Å². The Labute approximate surface area is 91.1 Å². The molecule has 0 aromatic carbocycles. The van der Waals surface area contributed by atoms with Crippen LogP contribution in [0.3, 0.4) is 0 Å². The number of thiazole rings is 1. The van der Waals surface area contributed by atoms with Crippen LogP contribution < -0.4 is 5.32 Å². The van der Waals surface area contributed by atoms with Gasteiger partial charge in [-0.3, -0.25) is 9.59 Å². The van der Waals surface area contributed by atoms with Crippen LogP contribution >= 0.6 is 11.3 Å². The monoisotopic (exact) mass is 228 g/mol. The van der Waals surface area contributed by atoms with Gasteiger partial charge in [-0.1, -0.05) is 0 Å². The third-order valence-electron chi connectivity index (χ3n) is 1.69. The minimum absolute atomic E-state index is 0.146. The number of carboxylic acids is 1. The van der Waals surface area contributed by atoms with Gasteiger partial charge in [-0.05, 0) is 6.92 Å². The van der Waals surface area contributed by atoms with Crippen molar-refractivity contribution in [1.82, 2.24) is 10.3 Å². The van der Waals surface area contributed by atoms with E-state index < -0.39 is 12.0 Å². The third-order valence-corrected chi connectivity index (χ3v) is 2.77. The summed E-state index contributed by atoms with van der Waals surface area (Å²) in [6.45, 7) is 3.18. The highest BCUT2D eigenvalue weighted by molar-refractivity contribution is 7.09. The standard InChI is InChI=1S/C9H12N2O3S/c1-5-4-15-9(10-5)7(3-8(13)14)11-6(2)12/h4,7H,3H2,1-2H3,(H,11,12)(H,13,14). The predicted molar refractivity (Wildman–Crippen MR) is 55.7 cm³/mol. The molecular formula is C9H12N2O3S. The number of aromatic nitrogens is 1. The molecule has 0 radical (unpaired) electrons. The molecule has 1 heterocycles. The quantitative estimate of drug-likeness (QED) is 0.808. The van der Waals surface area contributed by atoms with Crippen molar-refractivity contribution in [3.05, 3.63) is 16.1 Å². The van der Waals surface area contributed by atoms with Crippen molar-refractivity contribution >= 4 is 23.2 Å². The molecule has 2 N–H and O–H groups in total. The van der Waals surface area contributed by atoms with Gasteiger partial charge in [-0.2, -0.15) is 0 Å². The first-order chi connectivity index (χ1) is 6.99. The second-order valence-electron chi connectivity index (χ2n) is 3.18. The summed E-state index contributed by atoms with van der Waals surface area (Å²) in [4.78, 5) is 25.6. The molecule has 1 aromatic rings. The summed E-state index contributed by atoms with van der Waals surface area (Å²) in [6.07, 6.45) is -0.146. The Morgan fingerprint density at radius 2 is 2.33 bits per heavy atom. The number of aryl methyl sites for hydroxylation is 1. The molecule has 1 aromatic heterocycles. The fourth-order valence-electron chi connectivity index (χ4n) is 1.15. The van der Waals surface area contributed by atoms with Crippen molar-refractivity contribution in [2.45, 2.75) is 26.3 Å². The summed E-state index contributed by atoms with van der Waals surface area (Å²) < 4.78 is 0. The van der Waals surface area contributed by atoms with Gasteiger partial charge in [-0.15, -0.1) is 11.3 Å². The Balaban J connectivity index is 2.80. The zero-order chi connectivity index (χ0) is 11.4. The predicted octanol–water partition coefficient (Wildman–Crippen LogP) is 1.10. The maximum Gasteiger partial charge on any atom is 0.305 e.